The third kappa shape index (κ3) is 4.93. The average Bonchev–Trinajstić information content (AvgIpc) is 3.63. The van der Waals surface area contributed by atoms with Crippen LogP contribution in [0.2, 0.25) is 0 Å². The van der Waals surface area contributed by atoms with Gasteiger partial charge >= 0.3 is 5.97 Å². The summed E-state index contributed by atoms with van der Waals surface area (Å²) in [4.78, 5) is 36.8. The molecule has 5 aromatic rings. The summed E-state index contributed by atoms with van der Waals surface area (Å²) in [6.07, 6.45) is 2.23. The third-order valence-electron chi connectivity index (χ3n) is 7.10. The van der Waals surface area contributed by atoms with E-state index in [1.807, 2.05) is 36.4 Å². The van der Waals surface area contributed by atoms with Crippen molar-refractivity contribution in [2.24, 2.45) is 0 Å². The maximum Gasteiger partial charge on any atom is 0.329 e. The SMILES string of the molecule is COC(=O)[C@@H]1CSc2c(-c3cn(Cc4ccc([N+](=O)[O-])cc4)nn3)c(Cc3cccc4ccccc34)c(Br)c(=O)n21. The minimum absolute atomic E-state index is 0.0124. The number of esters is 1. The number of thioether (sulfide) groups is 1. The Morgan fingerprint density at radius 3 is 2.66 bits per heavy atom. The van der Waals surface area contributed by atoms with Crippen LogP contribution in [0.5, 0.6) is 0 Å². The number of nitrogens with zero attached hydrogens (tertiary/aromatic N) is 5. The smallest absolute Gasteiger partial charge is 0.329 e. The Morgan fingerprint density at radius 1 is 1.15 bits per heavy atom. The van der Waals surface area contributed by atoms with Crippen LogP contribution in [0.4, 0.5) is 5.69 Å². The Hall–Kier alpha value is -4.29. The summed E-state index contributed by atoms with van der Waals surface area (Å²) in [5, 5.41) is 22.6. The van der Waals surface area contributed by atoms with Gasteiger partial charge in [-0.2, -0.15) is 0 Å². The van der Waals surface area contributed by atoms with Crippen LogP contribution in [0.25, 0.3) is 22.0 Å². The van der Waals surface area contributed by atoms with Crippen molar-refractivity contribution < 1.29 is 14.5 Å². The van der Waals surface area contributed by atoms with E-state index in [0.717, 1.165) is 33.0 Å². The predicted octanol–water partition coefficient (Wildman–Crippen LogP) is 5.39. The number of pyridine rings is 1. The van der Waals surface area contributed by atoms with Crippen molar-refractivity contribution >= 4 is 50.1 Å². The Labute approximate surface area is 246 Å². The number of nitro benzene ring substituents is 1. The van der Waals surface area contributed by atoms with Crippen molar-refractivity contribution in [1.82, 2.24) is 19.6 Å². The van der Waals surface area contributed by atoms with Gasteiger partial charge in [0.1, 0.15) is 11.7 Å². The molecular weight excluding hydrogens is 610 g/mol. The maximum atomic E-state index is 13.7. The van der Waals surface area contributed by atoms with Crippen molar-refractivity contribution in [3.63, 3.8) is 0 Å². The molecule has 10 nitrogen and oxygen atoms in total. The number of hydrogen-bond donors (Lipinski definition) is 0. The van der Waals surface area contributed by atoms with Crippen LogP contribution >= 0.6 is 27.7 Å². The molecule has 0 unspecified atom stereocenters. The van der Waals surface area contributed by atoms with E-state index < -0.39 is 16.9 Å². The highest BCUT2D eigenvalue weighted by atomic mass is 79.9. The minimum atomic E-state index is -0.760. The molecule has 3 heterocycles. The molecule has 0 N–H and O–H groups in total. The summed E-state index contributed by atoms with van der Waals surface area (Å²) in [6, 6.07) is 19.7. The zero-order chi connectivity index (χ0) is 28.7. The summed E-state index contributed by atoms with van der Waals surface area (Å²) in [7, 11) is 1.31. The number of carbonyl (C=O) groups excluding carboxylic acids is 1. The Kier molecular flexibility index (Phi) is 7.18. The van der Waals surface area contributed by atoms with E-state index in [9.17, 15) is 19.7 Å². The molecule has 0 saturated carbocycles. The second-order valence-corrected chi connectivity index (χ2v) is 11.3. The van der Waals surface area contributed by atoms with Gasteiger partial charge in [-0.05, 0) is 43.4 Å². The largest absolute Gasteiger partial charge is 0.467 e. The third-order valence-corrected chi connectivity index (χ3v) is 9.08. The van der Waals surface area contributed by atoms with E-state index in [4.69, 9.17) is 4.74 Å². The fraction of sp³-hybridized carbons (Fsp3) is 0.172. The molecule has 1 aliphatic rings. The lowest BCUT2D eigenvalue weighted by atomic mass is 9.95. The lowest BCUT2D eigenvalue weighted by Gasteiger charge is -2.18. The van der Waals surface area contributed by atoms with E-state index in [1.165, 1.54) is 35.6 Å². The summed E-state index contributed by atoms with van der Waals surface area (Å²) < 4.78 is 8.48. The summed E-state index contributed by atoms with van der Waals surface area (Å²) in [5.41, 5.74) is 3.58. The van der Waals surface area contributed by atoms with Gasteiger partial charge in [-0.15, -0.1) is 16.9 Å². The number of ether oxygens (including phenoxy) is 1. The number of benzene rings is 3. The molecule has 0 saturated heterocycles. The van der Waals surface area contributed by atoms with Crippen LogP contribution in [0, 0.1) is 10.1 Å². The molecule has 41 heavy (non-hydrogen) atoms. The number of non-ortho nitro benzene ring substituents is 1. The van der Waals surface area contributed by atoms with Gasteiger partial charge in [-0.25, -0.2) is 9.48 Å². The summed E-state index contributed by atoms with van der Waals surface area (Å²) in [6.45, 7) is 0.345. The molecule has 3 aromatic carbocycles. The minimum Gasteiger partial charge on any atom is -0.467 e. The molecular formula is C29H22BrN5O5S. The molecule has 0 amide bonds. The number of hydrogen-bond acceptors (Lipinski definition) is 8. The molecule has 0 radical (unpaired) electrons. The zero-order valence-corrected chi connectivity index (χ0v) is 24.1. The number of carbonyl (C=O) groups is 1. The van der Waals surface area contributed by atoms with Crippen LogP contribution in [0.1, 0.15) is 22.7 Å². The highest BCUT2D eigenvalue weighted by molar-refractivity contribution is 9.10. The molecule has 12 heteroatoms. The fourth-order valence-electron chi connectivity index (χ4n) is 5.12. The van der Waals surface area contributed by atoms with Crippen molar-refractivity contribution in [1.29, 1.82) is 0 Å². The van der Waals surface area contributed by atoms with Crippen LogP contribution < -0.4 is 5.56 Å². The molecule has 0 bridgehead atoms. The van der Waals surface area contributed by atoms with Crippen molar-refractivity contribution in [3.8, 4) is 11.3 Å². The topological polar surface area (TPSA) is 122 Å². The van der Waals surface area contributed by atoms with Crippen molar-refractivity contribution in [2.45, 2.75) is 24.0 Å². The van der Waals surface area contributed by atoms with Gasteiger partial charge in [0.15, 0.2) is 0 Å². The summed E-state index contributed by atoms with van der Waals surface area (Å²) >= 11 is 4.99. The number of aromatic nitrogens is 4. The Morgan fingerprint density at radius 2 is 1.90 bits per heavy atom. The predicted molar refractivity (Wildman–Crippen MR) is 158 cm³/mol. The van der Waals surface area contributed by atoms with Crippen LogP contribution in [0.15, 0.2) is 87.2 Å². The number of methoxy groups -OCH3 is 1. The highest BCUT2D eigenvalue weighted by Crippen LogP contribution is 2.43. The Bertz CT molecular complexity index is 1880. The van der Waals surface area contributed by atoms with E-state index in [-0.39, 0.29) is 11.2 Å². The van der Waals surface area contributed by atoms with E-state index >= 15 is 0 Å². The molecule has 2 aromatic heterocycles. The van der Waals surface area contributed by atoms with Gasteiger partial charge in [0.25, 0.3) is 11.2 Å². The highest BCUT2D eigenvalue weighted by Gasteiger charge is 2.36. The van der Waals surface area contributed by atoms with Gasteiger partial charge < -0.3 is 4.74 Å². The maximum absolute atomic E-state index is 13.7. The van der Waals surface area contributed by atoms with Gasteiger partial charge in [0.05, 0.1) is 34.3 Å². The number of halogens is 1. The molecule has 0 fully saturated rings. The standard InChI is InChI=1S/C29H22BrN5O5S/c1-40-29(37)24-16-41-28-25(23-15-33(32-31-23)14-17-9-11-20(12-10-17)35(38)39)22(26(30)27(36)34(24)28)13-19-7-4-6-18-5-2-3-8-21(18)19/h2-12,15,24H,13-14,16H2,1H3/t24-/m0/s1. The monoisotopic (exact) mass is 631 g/mol. The van der Waals surface area contributed by atoms with Crippen LogP contribution in [-0.2, 0) is 22.5 Å². The first kappa shape index (κ1) is 26.9. The lowest BCUT2D eigenvalue weighted by molar-refractivity contribution is -0.384. The molecule has 206 valence electrons. The number of rotatable bonds is 7. The van der Waals surface area contributed by atoms with E-state index in [1.54, 1.807) is 23.0 Å². The molecule has 6 rings (SSSR count). The fourth-order valence-corrected chi connectivity index (χ4v) is 6.97. The van der Waals surface area contributed by atoms with Gasteiger partial charge in [0.2, 0.25) is 0 Å². The molecule has 0 spiro atoms. The number of nitro groups is 1. The normalized spacial score (nSPS) is 14.2. The lowest BCUT2D eigenvalue weighted by Crippen LogP contribution is -2.31. The first-order valence-corrected chi connectivity index (χ1v) is 14.4. The Balaban J connectivity index is 1.48. The second kappa shape index (κ2) is 10.9. The second-order valence-electron chi connectivity index (χ2n) is 9.54. The van der Waals surface area contributed by atoms with E-state index in [0.29, 0.717) is 33.9 Å². The van der Waals surface area contributed by atoms with Crippen LogP contribution in [-0.4, -0.2) is 43.3 Å². The molecule has 1 atom stereocenters. The van der Waals surface area contributed by atoms with Crippen LogP contribution in [0.3, 0.4) is 0 Å². The quantitative estimate of drug-likeness (QED) is 0.133. The molecule has 0 aliphatic carbocycles. The van der Waals surface area contributed by atoms with E-state index in [2.05, 4.69) is 32.3 Å². The molecule has 1 aliphatic heterocycles. The first-order valence-electron chi connectivity index (χ1n) is 12.6. The zero-order valence-electron chi connectivity index (χ0n) is 21.7. The summed E-state index contributed by atoms with van der Waals surface area (Å²) in [5.74, 6) is -0.129. The van der Waals surface area contributed by atoms with Crippen molar-refractivity contribution in [2.75, 3.05) is 12.9 Å². The number of fused-ring (bicyclic) bond motifs is 2. The van der Waals surface area contributed by atoms with Gasteiger partial charge in [-0.1, -0.05) is 59.8 Å². The van der Waals surface area contributed by atoms with Crippen molar-refractivity contribution in [3.05, 3.63) is 115 Å². The average molecular weight is 632 g/mol. The van der Waals surface area contributed by atoms with Gasteiger partial charge in [0, 0.05) is 29.9 Å². The first-order chi connectivity index (χ1) is 19.9. The van der Waals surface area contributed by atoms with Gasteiger partial charge in [-0.3, -0.25) is 19.5 Å².